The Kier molecular flexibility index (Phi) is 14.1. The Bertz CT molecular complexity index is 347. The van der Waals surface area contributed by atoms with Crippen LogP contribution in [0.5, 0.6) is 0 Å². The molecule has 154 valence electrons. The standard InChI is InChI=1S/C21H40O5/c1-2-3-4-5-6-7-8-9-10-11-12-13-14-15-25-19(16-22)21-20(24)18(23)17-26-21/h6-7,18-24H,2-5,8-17H2,1H3/b7-6+/t18-,19+,20+,21+/m1/s1. The second kappa shape index (κ2) is 15.6. The molecular formula is C21H40O5. The Labute approximate surface area is 159 Å². The van der Waals surface area contributed by atoms with Gasteiger partial charge in [-0.2, -0.15) is 0 Å². The molecule has 0 aliphatic carbocycles. The van der Waals surface area contributed by atoms with Gasteiger partial charge in [-0.3, -0.25) is 0 Å². The van der Waals surface area contributed by atoms with Crippen molar-refractivity contribution in [2.24, 2.45) is 0 Å². The van der Waals surface area contributed by atoms with Crippen LogP contribution in [0.25, 0.3) is 0 Å². The van der Waals surface area contributed by atoms with Crippen molar-refractivity contribution in [2.75, 3.05) is 19.8 Å². The number of hydrogen-bond donors (Lipinski definition) is 3. The Morgan fingerprint density at radius 3 is 2.15 bits per heavy atom. The fourth-order valence-corrected chi connectivity index (χ4v) is 3.26. The summed E-state index contributed by atoms with van der Waals surface area (Å²) < 4.78 is 10.9. The summed E-state index contributed by atoms with van der Waals surface area (Å²) in [5.41, 5.74) is 0. The summed E-state index contributed by atoms with van der Waals surface area (Å²) >= 11 is 0. The lowest BCUT2D eigenvalue weighted by molar-refractivity contribution is -0.101. The summed E-state index contributed by atoms with van der Waals surface area (Å²) in [6.45, 7) is 2.68. The molecule has 0 amide bonds. The van der Waals surface area contributed by atoms with Crippen LogP contribution >= 0.6 is 0 Å². The molecule has 5 heteroatoms. The SMILES string of the molecule is CCCCC/C=C/CCCCCCCCO[C@@H](CO)[C@@H]1OC[C@@H](O)[C@@H]1O. The van der Waals surface area contributed by atoms with Crippen molar-refractivity contribution in [2.45, 2.75) is 102 Å². The van der Waals surface area contributed by atoms with Crippen LogP contribution in [-0.2, 0) is 9.47 Å². The van der Waals surface area contributed by atoms with Gasteiger partial charge in [-0.05, 0) is 32.1 Å². The molecule has 5 nitrogen and oxygen atoms in total. The van der Waals surface area contributed by atoms with Gasteiger partial charge in [0.1, 0.15) is 24.4 Å². The molecule has 1 rings (SSSR count). The van der Waals surface area contributed by atoms with Crippen molar-refractivity contribution >= 4 is 0 Å². The molecule has 1 aliphatic rings. The topological polar surface area (TPSA) is 79.2 Å². The summed E-state index contributed by atoms with van der Waals surface area (Å²) in [5.74, 6) is 0. The van der Waals surface area contributed by atoms with E-state index < -0.39 is 24.4 Å². The van der Waals surface area contributed by atoms with Gasteiger partial charge < -0.3 is 24.8 Å². The van der Waals surface area contributed by atoms with Crippen LogP contribution in [0.1, 0.15) is 77.6 Å². The minimum Gasteiger partial charge on any atom is -0.394 e. The van der Waals surface area contributed by atoms with Crippen LogP contribution < -0.4 is 0 Å². The van der Waals surface area contributed by atoms with Gasteiger partial charge >= 0.3 is 0 Å². The predicted molar refractivity (Wildman–Crippen MR) is 104 cm³/mol. The fourth-order valence-electron chi connectivity index (χ4n) is 3.26. The van der Waals surface area contributed by atoms with E-state index in [1.807, 2.05) is 0 Å². The first-order chi connectivity index (χ1) is 12.7. The van der Waals surface area contributed by atoms with E-state index in [4.69, 9.17) is 9.47 Å². The third-order valence-corrected chi connectivity index (χ3v) is 4.97. The van der Waals surface area contributed by atoms with Gasteiger partial charge in [0.15, 0.2) is 0 Å². The molecule has 0 aromatic carbocycles. The average Bonchev–Trinajstić information content (AvgIpc) is 2.98. The molecule has 26 heavy (non-hydrogen) atoms. The van der Waals surface area contributed by atoms with Crippen LogP contribution in [0, 0.1) is 0 Å². The zero-order valence-corrected chi connectivity index (χ0v) is 16.5. The summed E-state index contributed by atoms with van der Waals surface area (Å²) in [7, 11) is 0. The van der Waals surface area contributed by atoms with Crippen LogP contribution in [0.4, 0.5) is 0 Å². The first-order valence-electron chi connectivity index (χ1n) is 10.6. The van der Waals surface area contributed by atoms with Crippen LogP contribution in [0.15, 0.2) is 12.2 Å². The first-order valence-corrected chi connectivity index (χ1v) is 10.6. The summed E-state index contributed by atoms with van der Waals surface area (Å²) in [6.07, 6.45) is 15.0. The van der Waals surface area contributed by atoms with Gasteiger partial charge in [0.25, 0.3) is 0 Å². The second-order valence-corrected chi connectivity index (χ2v) is 7.32. The highest BCUT2D eigenvalue weighted by atomic mass is 16.6. The van der Waals surface area contributed by atoms with E-state index in [0.717, 1.165) is 12.8 Å². The third kappa shape index (κ3) is 10.0. The highest BCUT2D eigenvalue weighted by Crippen LogP contribution is 2.20. The average molecular weight is 373 g/mol. The quantitative estimate of drug-likeness (QED) is 0.286. The molecule has 0 bridgehead atoms. The minimum atomic E-state index is -0.979. The first kappa shape index (κ1) is 23.6. The van der Waals surface area contributed by atoms with E-state index in [1.165, 1.54) is 57.8 Å². The summed E-state index contributed by atoms with van der Waals surface area (Å²) in [5, 5.41) is 28.7. The molecule has 0 aromatic heterocycles. The largest absolute Gasteiger partial charge is 0.394 e. The van der Waals surface area contributed by atoms with Crippen molar-refractivity contribution in [1.29, 1.82) is 0 Å². The van der Waals surface area contributed by atoms with E-state index in [2.05, 4.69) is 19.1 Å². The Hall–Kier alpha value is -0.460. The number of aliphatic hydroxyl groups excluding tert-OH is 3. The molecule has 3 N–H and O–H groups in total. The lowest BCUT2D eigenvalue weighted by atomic mass is 10.1. The molecule has 0 saturated carbocycles. The summed E-state index contributed by atoms with van der Waals surface area (Å²) in [4.78, 5) is 0. The molecule has 4 atom stereocenters. The molecule has 0 unspecified atom stereocenters. The zero-order chi connectivity index (χ0) is 19.0. The van der Waals surface area contributed by atoms with Crippen LogP contribution in [-0.4, -0.2) is 59.6 Å². The number of hydrogen-bond acceptors (Lipinski definition) is 5. The Morgan fingerprint density at radius 2 is 1.58 bits per heavy atom. The molecule has 0 spiro atoms. The molecule has 1 fully saturated rings. The lowest BCUT2D eigenvalue weighted by Crippen LogP contribution is -2.42. The number of ether oxygens (including phenoxy) is 2. The van der Waals surface area contributed by atoms with E-state index in [-0.39, 0.29) is 13.2 Å². The van der Waals surface area contributed by atoms with Crippen LogP contribution in [0.2, 0.25) is 0 Å². The smallest absolute Gasteiger partial charge is 0.114 e. The number of unbranched alkanes of at least 4 members (excludes halogenated alkanes) is 9. The third-order valence-electron chi connectivity index (χ3n) is 4.97. The molecule has 1 heterocycles. The van der Waals surface area contributed by atoms with Crippen molar-refractivity contribution in [1.82, 2.24) is 0 Å². The molecule has 1 saturated heterocycles. The van der Waals surface area contributed by atoms with Gasteiger partial charge in [0, 0.05) is 6.61 Å². The van der Waals surface area contributed by atoms with Crippen LogP contribution in [0.3, 0.4) is 0 Å². The fraction of sp³-hybridized carbons (Fsp3) is 0.905. The number of rotatable bonds is 16. The zero-order valence-electron chi connectivity index (χ0n) is 16.5. The van der Waals surface area contributed by atoms with Crippen molar-refractivity contribution in [3.8, 4) is 0 Å². The van der Waals surface area contributed by atoms with E-state index in [0.29, 0.717) is 6.61 Å². The van der Waals surface area contributed by atoms with Gasteiger partial charge in [-0.25, -0.2) is 0 Å². The molecule has 1 aliphatic heterocycles. The highest BCUT2D eigenvalue weighted by molar-refractivity contribution is 4.88. The maximum Gasteiger partial charge on any atom is 0.114 e. The molecular weight excluding hydrogens is 332 g/mol. The van der Waals surface area contributed by atoms with Crippen molar-refractivity contribution in [3.05, 3.63) is 12.2 Å². The monoisotopic (exact) mass is 372 g/mol. The van der Waals surface area contributed by atoms with Crippen molar-refractivity contribution < 1.29 is 24.8 Å². The van der Waals surface area contributed by atoms with Gasteiger partial charge in [-0.1, -0.05) is 57.6 Å². The lowest BCUT2D eigenvalue weighted by Gasteiger charge is -2.24. The highest BCUT2D eigenvalue weighted by Gasteiger charge is 2.40. The normalized spacial score (nSPS) is 24.5. The van der Waals surface area contributed by atoms with E-state index in [1.54, 1.807) is 0 Å². The molecule has 0 aromatic rings. The van der Waals surface area contributed by atoms with E-state index >= 15 is 0 Å². The Balaban J connectivity index is 1.91. The minimum absolute atomic E-state index is 0.0968. The second-order valence-electron chi connectivity index (χ2n) is 7.32. The van der Waals surface area contributed by atoms with Gasteiger partial charge in [0.05, 0.1) is 13.2 Å². The number of aliphatic hydroxyl groups is 3. The van der Waals surface area contributed by atoms with Gasteiger partial charge in [0.2, 0.25) is 0 Å². The predicted octanol–water partition coefficient (Wildman–Crippen LogP) is 3.35. The van der Waals surface area contributed by atoms with Gasteiger partial charge in [-0.15, -0.1) is 0 Å². The van der Waals surface area contributed by atoms with Crippen molar-refractivity contribution in [3.63, 3.8) is 0 Å². The molecule has 0 radical (unpaired) electrons. The number of allylic oxidation sites excluding steroid dienone is 2. The summed E-state index contributed by atoms with van der Waals surface area (Å²) in [6, 6.07) is 0. The maximum absolute atomic E-state index is 9.80. The Morgan fingerprint density at radius 1 is 0.962 bits per heavy atom. The maximum atomic E-state index is 9.80. The van der Waals surface area contributed by atoms with E-state index in [9.17, 15) is 15.3 Å².